The van der Waals surface area contributed by atoms with Gasteiger partial charge in [-0.3, -0.25) is 20.2 Å². The third-order valence-corrected chi connectivity index (χ3v) is 8.10. The van der Waals surface area contributed by atoms with Gasteiger partial charge in [-0.25, -0.2) is 4.79 Å². The Morgan fingerprint density at radius 2 is 2.13 bits per heavy atom. The molecule has 2 aliphatic rings. The number of carbonyl (C=O) groups is 3. The highest BCUT2D eigenvalue weighted by molar-refractivity contribution is 8.01. The fourth-order valence-corrected chi connectivity index (χ4v) is 6.04. The second-order valence-electron chi connectivity index (χ2n) is 6.34. The summed E-state index contributed by atoms with van der Waals surface area (Å²) in [6, 6.07) is 0. The minimum atomic E-state index is -1.55. The van der Waals surface area contributed by atoms with Crippen LogP contribution < -0.4 is 11.1 Å². The summed E-state index contributed by atoms with van der Waals surface area (Å²) in [4.78, 5) is 38.0. The molecule has 3 heterocycles. The molecule has 0 unspecified atom stereocenters. The van der Waals surface area contributed by atoms with Crippen molar-refractivity contribution in [2.45, 2.75) is 36.1 Å². The lowest BCUT2D eigenvalue weighted by molar-refractivity contribution is -0.157. The van der Waals surface area contributed by atoms with E-state index in [9.17, 15) is 19.5 Å². The fourth-order valence-electron chi connectivity index (χ4n) is 3.03. The maximum Gasteiger partial charge on any atom is 0.352 e. The van der Waals surface area contributed by atoms with Crippen LogP contribution in [-0.4, -0.2) is 85.6 Å². The van der Waals surface area contributed by atoms with E-state index in [2.05, 4.69) is 41.2 Å². The Bertz CT molecular complexity index is 781. The van der Waals surface area contributed by atoms with Crippen LogP contribution >= 0.6 is 34.9 Å². The molecular formula is C17H26N6O4S3. The standard InChI is InChI=1S/C11H11N5O4S3.C6H15N/c12-11(13-3-17)8(20)16-6(7(18)19)5(1-21-9(11)16)2-22-10-15-14-4-23-10;1-4-7(5-2)6-3/h3-4,9H,1-2,12H2,(H,13,17)(H,18,19);4-6H2,1-3H3/t9-,11-;/m0./s1. The quantitative estimate of drug-likeness (QED) is 0.202. The number of aromatic nitrogens is 2. The minimum absolute atomic E-state index is 0.0652. The number of amides is 2. The van der Waals surface area contributed by atoms with Gasteiger partial charge in [0, 0.05) is 11.5 Å². The number of thioether (sulfide) groups is 2. The van der Waals surface area contributed by atoms with E-state index in [0.29, 0.717) is 23.5 Å². The zero-order chi connectivity index (χ0) is 22.3. The number of carboxylic acids is 1. The average Bonchev–Trinajstić information content (AvgIpc) is 3.26. The van der Waals surface area contributed by atoms with Gasteiger partial charge in [0.2, 0.25) is 12.1 Å². The van der Waals surface area contributed by atoms with Crippen molar-refractivity contribution in [2.24, 2.45) is 5.73 Å². The topological polar surface area (TPSA) is 142 Å². The predicted octanol–water partition coefficient (Wildman–Crippen LogP) is 0.633. The summed E-state index contributed by atoms with van der Waals surface area (Å²) in [7, 11) is 0. The van der Waals surface area contributed by atoms with Gasteiger partial charge >= 0.3 is 5.97 Å². The first-order valence-electron chi connectivity index (χ1n) is 9.35. The van der Waals surface area contributed by atoms with E-state index < -0.39 is 22.9 Å². The molecule has 1 fully saturated rings. The third kappa shape index (κ3) is 5.14. The van der Waals surface area contributed by atoms with Crippen LogP contribution in [0.5, 0.6) is 0 Å². The molecule has 1 aromatic rings. The summed E-state index contributed by atoms with van der Waals surface area (Å²) in [6.07, 6.45) is 0.348. The Morgan fingerprint density at radius 3 is 2.60 bits per heavy atom. The molecule has 13 heteroatoms. The minimum Gasteiger partial charge on any atom is -0.477 e. The largest absolute Gasteiger partial charge is 0.477 e. The molecule has 0 aliphatic carbocycles. The number of rotatable bonds is 9. The van der Waals surface area contributed by atoms with Crippen LogP contribution in [0.3, 0.4) is 0 Å². The van der Waals surface area contributed by atoms with E-state index in [1.54, 1.807) is 5.51 Å². The highest BCUT2D eigenvalue weighted by Crippen LogP contribution is 2.44. The summed E-state index contributed by atoms with van der Waals surface area (Å²) in [6.45, 7) is 10.1. The van der Waals surface area contributed by atoms with Gasteiger partial charge in [0.15, 0.2) is 4.34 Å². The Hall–Kier alpha value is -1.67. The van der Waals surface area contributed by atoms with Gasteiger partial charge in [0.05, 0.1) is 0 Å². The van der Waals surface area contributed by atoms with Gasteiger partial charge in [-0.05, 0) is 25.2 Å². The molecule has 2 atom stereocenters. The normalized spacial score (nSPS) is 22.8. The Kier molecular flexibility index (Phi) is 9.09. The van der Waals surface area contributed by atoms with Gasteiger partial charge in [0.25, 0.3) is 5.91 Å². The average molecular weight is 475 g/mol. The number of hydrogen-bond acceptors (Lipinski definition) is 10. The number of β-lactam (4-membered cyclic amide) rings is 1. The molecule has 0 radical (unpaired) electrons. The van der Waals surface area contributed by atoms with E-state index in [0.717, 1.165) is 9.24 Å². The number of fused-ring (bicyclic) bond motifs is 1. The number of aliphatic carboxylic acids is 1. The molecule has 0 spiro atoms. The van der Waals surface area contributed by atoms with Crippen molar-refractivity contribution >= 4 is 53.1 Å². The van der Waals surface area contributed by atoms with Crippen LogP contribution in [0.1, 0.15) is 20.8 Å². The Morgan fingerprint density at radius 1 is 1.47 bits per heavy atom. The molecule has 166 valence electrons. The van der Waals surface area contributed by atoms with Gasteiger partial charge in [-0.2, -0.15) is 0 Å². The molecule has 0 aromatic carbocycles. The number of hydrogen-bond donors (Lipinski definition) is 3. The monoisotopic (exact) mass is 474 g/mol. The van der Waals surface area contributed by atoms with Crippen LogP contribution in [-0.2, 0) is 14.4 Å². The van der Waals surface area contributed by atoms with Crippen molar-refractivity contribution in [1.29, 1.82) is 0 Å². The fraction of sp³-hybridized carbons (Fsp3) is 0.588. The van der Waals surface area contributed by atoms with Gasteiger partial charge in [-0.1, -0.05) is 43.9 Å². The summed E-state index contributed by atoms with van der Waals surface area (Å²) in [5.41, 5.74) is 6.46. The highest BCUT2D eigenvalue weighted by atomic mass is 32.2. The molecule has 2 aliphatic heterocycles. The predicted molar refractivity (Wildman–Crippen MR) is 118 cm³/mol. The number of nitrogens with one attached hydrogen (secondary N) is 1. The number of carbonyl (C=O) groups excluding carboxylic acids is 2. The van der Waals surface area contributed by atoms with Crippen LogP contribution in [0.25, 0.3) is 0 Å². The lowest BCUT2D eigenvalue weighted by atomic mass is 9.97. The molecule has 2 amide bonds. The molecule has 3 rings (SSSR count). The number of nitrogens with two attached hydrogens (primary N) is 1. The highest BCUT2D eigenvalue weighted by Gasteiger charge is 2.62. The van der Waals surface area contributed by atoms with Gasteiger partial charge < -0.3 is 15.3 Å². The zero-order valence-corrected chi connectivity index (χ0v) is 19.5. The van der Waals surface area contributed by atoms with E-state index in [1.807, 2.05) is 0 Å². The summed E-state index contributed by atoms with van der Waals surface area (Å²) in [5, 5.41) is 18.7. The summed E-state index contributed by atoms with van der Waals surface area (Å²) >= 11 is 4.04. The van der Waals surface area contributed by atoms with E-state index in [-0.39, 0.29) is 5.70 Å². The molecule has 30 heavy (non-hydrogen) atoms. The van der Waals surface area contributed by atoms with Crippen molar-refractivity contribution in [2.75, 3.05) is 31.1 Å². The molecule has 10 nitrogen and oxygen atoms in total. The van der Waals surface area contributed by atoms with Crippen molar-refractivity contribution in [3.8, 4) is 0 Å². The number of carboxylic acid groups (broad SMARTS) is 1. The van der Waals surface area contributed by atoms with Gasteiger partial charge in [0.1, 0.15) is 16.6 Å². The smallest absolute Gasteiger partial charge is 0.352 e. The van der Waals surface area contributed by atoms with Crippen LogP contribution in [0.15, 0.2) is 21.1 Å². The Labute approximate surface area is 187 Å². The SMILES string of the molecule is CCN(CC)CC.N[C@]1(NC=O)C(=O)N2C(C(=O)O)=C(CSc3nncs3)CS[C@H]21. The molecular weight excluding hydrogens is 448 g/mol. The second-order valence-corrected chi connectivity index (χ2v) is 9.46. The number of nitrogens with zero attached hydrogens (tertiary/aromatic N) is 4. The first-order chi connectivity index (χ1) is 14.3. The van der Waals surface area contributed by atoms with Crippen LogP contribution in [0, 0.1) is 0 Å². The second kappa shape index (κ2) is 11.1. The van der Waals surface area contributed by atoms with E-state index in [4.69, 9.17) is 5.73 Å². The maximum absolute atomic E-state index is 12.2. The first-order valence-corrected chi connectivity index (χ1v) is 12.3. The zero-order valence-electron chi connectivity index (χ0n) is 17.0. The summed E-state index contributed by atoms with van der Waals surface area (Å²) in [5.74, 6) is -1.03. The summed E-state index contributed by atoms with van der Waals surface area (Å²) < 4.78 is 0.722. The van der Waals surface area contributed by atoms with Crippen LogP contribution in [0.4, 0.5) is 0 Å². The van der Waals surface area contributed by atoms with E-state index >= 15 is 0 Å². The van der Waals surface area contributed by atoms with Crippen molar-refractivity contribution in [1.82, 2.24) is 25.3 Å². The lowest BCUT2D eigenvalue weighted by Gasteiger charge is -2.54. The molecule has 0 saturated carbocycles. The van der Waals surface area contributed by atoms with Crippen molar-refractivity contribution in [3.63, 3.8) is 0 Å². The van der Waals surface area contributed by atoms with Crippen molar-refractivity contribution in [3.05, 3.63) is 16.8 Å². The molecule has 4 N–H and O–H groups in total. The van der Waals surface area contributed by atoms with Crippen molar-refractivity contribution < 1.29 is 19.5 Å². The third-order valence-electron chi connectivity index (χ3n) is 4.74. The molecule has 1 aromatic heterocycles. The Balaban J connectivity index is 0.000000396. The lowest BCUT2D eigenvalue weighted by Crippen LogP contribution is -2.83. The van der Waals surface area contributed by atoms with E-state index in [1.165, 1.54) is 54.5 Å². The van der Waals surface area contributed by atoms with Crippen LogP contribution in [0.2, 0.25) is 0 Å². The molecule has 0 bridgehead atoms. The van der Waals surface area contributed by atoms with Gasteiger partial charge in [-0.15, -0.1) is 22.0 Å². The first kappa shape index (κ1) is 24.6. The molecule has 1 saturated heterocycles. The maximum atomic E-state index is 12.2.